The summed E-state index contributed by atoms with van der Waals surface area (Å²) in [5.74, 6) is -0.358. The van der Waals surface area contributed by atoms with E-state index in [-0.39, 0.29) is 23.2 Å². The van der Waals surface area contributed by atoms with Gasteiger partial charge in [0.05, 0.1) is 17.5 Å². The second-order valence-corrected chi connectivity index (χ2v) is 6.53. The number of hydrogen-bond acceptors (Lipinski definition) is 3. The number of amides is 1. The van der Waals surface area contributed by atoms with Crippen molar-refractivity contribution in [1.29, 1.82) is 0 Å². The van der Waals surface area contributed by atoms with E-state index in [2.05, 4.69) is 10.0 Å². The van der Waals surface area contributed by atoms with Gasteiger partial charge in [0.25, 0.3) is 5.91 Å². The van der Waals surface area contributed by atoms with Gasteiger partial charge < -0.3 is 5.32 Å². The van der Waals surface area contributed by atoms with Gasteiger partial charge in [0.2, 0.25) is 10.0 Å². The number of anilines is 1. The number of rotatable bonds is 5. The third kappa shape index (κ3) is 5.08. The van der Waals surface area contributed by atoms with Crippen molar-refractivity contribution in [1.82, 2.24) is 5.32 Å². The smallest absolute Gasteiger partial charge is 0.253 e. The summed E-state index contributed by atoms with van der Waals surface area (Å²) in [6.07, 6.45) is 1.80. The largest absolute Gasteiger partial charge is 0.350 e. The Morgan fingerprint density at radius 1 is 1.42 bits per heavy atom. The average molecular weight is 305 g/mol. The second-order valence-electron chi connectivity index (χ2n) is 4.35. The quantitative estimate of drug-likeness (QED) is 0.876. The van der Waals surface area contributed by atoms with Crippen molar-refractivity contribution in [3.8, 4) is 0 Å². The maximum atomic E-state index is 12.1. The fourth-order valence-corrected chi connectivity index (χ4v) is 2.15. The highest BCUT2D eigenvalue weighted by Gasteiger charge is 2.16. The number of carbonyl (C=O) groups is 1. The Balaban J connectivity index is 3.10. The van der Waals surface area contributed by atoms with Gasteiger partial charge in [-0.05, 0) is 31.5 Å². The van der Waals surface area contributed by atoms with Crippen molar-refractivity contribution < 1.29 is 13.2 Å². The molecule has 1 unspecified atom stereocenters. The van der Waals surface area contributed by atoms with Gasteiger partial charge in [0.15, 0.2) is 0 Å². The molecule has 1 amide bonds. The molecule has 1 aromatic rings. The van der Waals surface area contributed by atoms with E-state index in [1.807, 2.05) is 13.8 Å². The van der Waals surface area contributed by atoms with Crippen LogP contribution in [0.3, 0.4) is 0 Å². The van der Waals surface area contributed by atoms with Crippen LogP contribution in [0.1, 0.15) is 30.6 Å². The van der Waals surface area contributed by atoms with Gasteiger partial charge >= 0.3 is 0 Å². The summed E-state index contributed by atoms with van der Waals surface area (Å²) in [7, 11) is -3.45. The fourth-order valence-electron chi connectivity index (χ4n) is 1.40. The van der Waals surface area contributed by atoms with Gasteiger partial charge in [0, 0.05) is 11.1 Å². The van der Waals surface area contributed by atoms with Gasteiger partial charge in [-0.2, -0.15) is 0 Å². The molecule has 1 rings (SSSR count). The lowest BCUT2D eigenvalue weighted by Crippen LogP contribution is -2.32. The van der Waals surface area contributed by atoms with Crippen LogP contribution >= 0.6 is 11.6 Å². The average Bonchev–Trinajstić information content (AvgIpc) is 2.29. The Kier molecular flexibility index (Phi) is 5.20. The molecule has 19 heavy (non-hydrogen) atoms. The van der Waals surface area contributed by atoms with E-state index in [4.69, 9.17) is 11.6 Å². The first kappa shape index (κ1) is 15.8. The monoisotopic (exact) mass is 304 g/mol. The molecule has 0 saturated heterocycles. The molecule has 0 aromatic heterocycles. The van der Waals surface area contributed by atoms with Crippen LogP contribution in [0.4, 0.5) is 5.69 Å². The van der Waals surface area contributed by atoms with E-state index in [1.165, 1.54) is 18.2 Å². The molecule has 5 nitrogen and oxygen atoms in total. The van der Waals surface area contributed by atoms with Crippen molar-refractivity contribution in [2.45, 2.75) is 26.3 Å². The zero-order valence-corrected chi connectivity index (χ0v) is 12.6. The molecule has 0 aliphatic rings. The lowest BCUT2D eigenvalue weighted by Gasteiger charge is -2.14. The molecule has 0 saturated carbocycles. The zero-order valence-electron chi connectivity index (χ0n) is 11.0. The van der Waals surface area contributed by atoms with Gasteiger partial charge in [-0.25, -0.2) is 8.42 Å². The van der Waals surface area contributed by atoms with Crippen LogP contribution in [0.25, 0.3) is 0 Å². The maximum Gasteiger partial charge on any atom is 0.253 e. The predicted octanol–water partition coefficient (Wildman–Crippen LogP) is 2.24. The number of hydrogen-bond donors (Lipinski definition) is 2. The second kappa shape index (κ2) is 6.25. The maximum absolute atomic E-state index is 12.1. The van der Waals surface area contributed by atoms with Gasteiger partial charge in [-0.1, -0.05) is 18.5 Å². The normalized spacial score (nSPS) is 12.8. The third-order valence-electron chi connectivity index (χ3n) is 2.51. The summed E-state index contributed by atoms with van der Waals surface area (Å²) in [6.45, 7) is 3.81. The van der Waals surface area contributed by atoms with Crippen LogP contribution in [0.2, 0.25) is 5.02 Å². The predicted molar refractivity (Wildman–Crippen MR) is 77.1 cm³/mol. The number of carbonyl (C=O) groups excluding carboxylic acids is 1. The Morgan fingerprint density at radius 3 is 2.58 bits per heavy atom. The number of benzene rings is 1. The van der Waals surface area contributed by atoms with Crippen LogP contribution in [0, 0.1) is 0 Å². The summed E-state index contributed by atoms with van der Waals surface area (Å²) in [5.41, 5.74) is 0.422. The number of sulfonamides is 1. The molecule has 0 fully saturated rings. The molecule has 0 radical (unpaired) electrons. The standard InChI is InChI=1S/C12H17ClN2O3S/c1-4-8(2)14-12(16)10-7-9(13)5-6-11(10)15-19(3,17)18/h5-8,15H,4H2,1-3H3,(H,14,16). The molecule has 0 bridgehead atoms. The Hall–Kier alpha value is -1.27. The Labute approximate surface area is 118 Å². The highest BCUT2D eigenvalue weighted by Crippen LogP contribution is 2.21. The molecule has 0 aliphatic heterocycles. The molecule has 106 valence electrons. The Morgan fingerprint density at radius 2 is 2.05 bits per heavy atom. The molecule has 0 spiro atoms. The minimum atomic E-state index is -3.45. The topological polar surface area (TPSA) is 75.3 Å². The third-order valence-corrected chi connectivity index (χ3v) is 3.34. The van der Waals surface area contributed by atoms with E-state index >= 15 is 0 Å². The number of halogens is 1. The van der Waals surface area contributed by atoms with E-state index in [9.17, 15) is 13.2 Å². The molecular weight excluding hydrogens is 288 g/mol. The van der Waals surface area contributed by atoms with Crippen molar-refractivity contribution in [2.24, 2.45) is 0 Å². The molecular formula is C12H17ClN2O3S. The lowest BCUT2D eigenvalue weighted by molar-refractivity contribution is 0.0940. The van der Waals surface area contributed by atoms with Crippen molar-refractivity contribution in [2.75, 3.05) is 11.0 Å². The van der Waals surface area contributed by atoms with Gasteiger partial charge in [-0.15, -0.1) is 0 Å². The van der Waals surface area contributed by atoms with E-state index in [0.717, 1.165) is 12.7 Å². The van der Waals surface area contributed by atoms with Crippen LogP contribution in [0.5, 0.6) is 0 Å². The van der Waals surface area contributed by atoms with Crippen molar-refractivity contribution in [3.63, 3.8) is 0 Å². The molecule has 0 aliphatic carbocycles. The van der Waals surface area contributed by atoms with Crippen LogP contribution in [-0.4, -0.2) is 26.6 Å². The van der Waals surface area contributed by atoms with Crippen LogP contribution in [-0.2, 0) is 10.0 Å². The first-order chi connectivity index (χ1) is 8.73. The minimum absolute atomic E-state index is 0.00225. The fraction of sp³-hybridized carbons (Fsp3) is 0.417. The first-order valence-electron chi connectivity index (χ1n) is 5.81. The molecule has 1 atom stereocenters. The van der Waals surface area contributed by atoms with Gasteiger partial charge in [-0.3, -0.25) is 9.52 Å². The van der Waals surface area contributed by atoms with Crippen LogP contribution in [0.15, 0.2) is 18.2 Å². The first-order valence-corrected chi connectivity index (χ1v) is 8.08. The van der Waals surface area contributed by atoms with E-state index in [1.54, 1.807) is 0 Å². The summed E-state index contributed by atoms with van der Waals surface area (Å²) < 4.78 is 24.8. The molecule has 2 N–H and O–H groups in total. The molecule has 7 heteroatoms. The molecule has 0 heterocycles. The Bertz CT molecular complexity index is 572. The number of nitrogens with one attached hydrogen (secondary N) is 2. The van der Waals surface area contributed by atoms with Crippen molar-refractivity contribution in [3.05, 3.63) is 28.8 Å². The van der Waals surface area contributed by atoms with Crippen molar-refractivity contribution >= 4 is 33.2 Å². The van der Waals surface area contributed by atoms with Gasteiger partial charge in [0.1, 0.15) is 0 Å². The highest BCUT2D eigenvalue weighted by atomic mass is 35.5. The summed E-state index contributed by atoms with van der Waals surface area (Å²) >= 11 is 5.85. The van der Waals surface area contributed by atoms with E-state index in [0.29, 0.717) is 5.02 Å². The summed E-state index contributed by atoms with van der Waals surface area (Å²) in [4.78, 5) is 12.1. The van der Waals surface area contributed by atoms with Crippen LogP contribution < -0.4 is 10.0 Å². The highest BCUT2D eigenvalue weighted by molar-refractivity contribution is 7.92. The summed E-state index contributed by atoms with van der Waals surface area (Å²) in [5, 5.41) is 3.14. The summed E-state index contributed by atoms with van der Waals surface area (Å²) in [6, 6.07) is 4.43. The molecule has 1 aromatic carbocycles. The zero-order chi connectivity index (χ0) is 14.6. The minimum Gasteiger partial charge on any atom is -0.350 e. The van der Waals surface area contributed by atoms with E-state index < -0.39 is 10.0 Å². The lowest BCUT2D eigenvalue weighted by atomic mass is 10.1. The SMILES string of the molecule is CCC(C)NC(=O)c1cc(Cl)ccc1NS(C)(=O)=O.